The van der Waals surface area contributed by atoms with Gasteiger partial charge < -0.3 is 24.4 Å². The molecule has 1 fully saturated rings. The molecular weight excluding hydrogens is 338 g/mol. The highest BCUT2D eigenvalue weighted by atomic mass is 17.3. The van der Waals surface area contributed by atoms with E-state index < -0.39 is 0 Å². The molecule has 0 saturated carbocycles. The number of allylic oxidation sites excluding steroid dienone is 1. The van der Waals surface area contributed by atoms with Crippen molar-refractivity contribution >= 4 is 0 Å². The Bertz CT molecular complexity index is 408. The van der Waals surface area contributed by atoms with Gasteiger partial charge in [-0.05, 0) is 6.92 Å². The van der Waals surface area contributed by atoms with Crippen molar-refractivity contribution in [3.05, 3.63) is 37.3 Å². The first kappa shape index (κ1) is 21.0. The van der Waals surface area contributed by atoms with Crippen LogP contribution in [-0.4, -0.2) is 71.8 Å². The minimum Gasteiger partial charge on any atom is -0.512 e. The van der Waals surface area contributed by atoms with Gasteiger partial charge in [0.05, 0.1) is 19.2 Å². The highest BCUT2D eigenvalue weighted by Crippen LogP contribution is 2.10. The van der Waals surface area contributed by atoms with Gasteiger partial charge in [-0.15, -0.1) is 5.06 Å². The van der Waals surface area contributed by atoms with Crippen molar-refractivity contribution in [2.75, 3.05) is 46.4 Å². The molecule has 0 aliphatic carbocycles. The molecule has 0 unspecified atom stereocenters. The molecular formula is C14H25N3O8. The summed E-state index contributed by atoms with van der Waals surface area (Å²) < 4.78 is 10.3. The lowest BCUT2D eigenvalue weighted by Crippen LogP contribution is -2.52. The third kappa shape index (κ3) is 10.4. The van der Waals surface area contributed by atoms with E-state index in [1.165, 1.54) is 11.3 Å². The second-order valence-corrected chi connectivity index (χ2v) is 4.60. The van der Waals surface area contributed by atoms with Crippen LogP contribution in [-0.2, 0) is 29.1 Å². The Kier molecular flexibility index (Phi) is 12.1. The molecule has 1 heterocycles. The van der Waals surface area contributed by atoms with Gasteiger partial charge in [-0.1, -0.05) is 11.1 Å². The van der Waals surface area contributed by atoms with Crippen molar-refractivity contribution in [1.82, 2.24) is 15.0 Å². The van der Waals surface area contributed by atoms with Crippen LogP contribution in [0.4, 0.5) is 0 Å². The molecule has 0 radical (unpaired) electrons. The molecule has 1 aliphatic heterocycles. The van der Waals surface area contributed by atoms with Crippen LogP contribution in [0.5, 0.6) is 0 Å². The van der Waals surface area contributed by atoms with E-state index >= 15 is 0 Å². The van der Waals surface area contributed by atoms with Crippen molar-refractivity contribution in [1.29, 1.82) is 0 Å². The fourth-order valence-corrected chi connectivity index (χ4v) is 1.71. The first-order chi connectivity index (χ1) is 12.3. The fourth-order valence-electron chi connectivity index (χ4n) is 1.71. The van der Waals surface area contributed by atoms with Crippen LogP contribution in [0.25, 0.3) is 0 Å². The second-order valence-electron chi connectivity index (χ2n) is 4.60. The Labute approximate surface area is 146 Å². The summed E-state index contributed by atoms with van der Waals surface area (Å²) in [7, 11) is 0. The lowest BCUT2D eigenvalue weighted by molar-refractivity contribution is -0.437. The Hall–Kier alpha value is -2.02. The summed E-state index contributed by atoms with van der Waals surface area (Å²) in [5.74, 6) is 0. The fraction of sp³-hybridized carbons (Fsp3) is 0.571. The summed E-state index contributed by atoms with van der Waals surface area (Å²) in [4.78, 5) is 21.0. The molecule has 1 rings (SSSR count). The summed E-state index contributed by atoms with van der Waals surface area (Å²) in [5.41, 5.74) is 0. The van der Waals surface area contributed by atoms with Crippen LogP contribution < -0.4 is 0 Å². The van der Waals surface area contributed by atoms with Crippen LogP contribution in [0.2, 0.25) is 0 Å². The highest BCUT2D eigenvalue weighted by molar-refractivity contribution is 4.76. The van der Waals surface area contributed by atoms with Gasteiger partial charge in [-0.3, -0.25) is 10.1 Å². The van der Waals surface area contributed by atoms with Crippen molar-refractivity contribution in [2.24, 2.45) is 0 Å². The topological polar surface area (TPSA) is 106 Å². The molecule has 11 nitrogen and oxygen atoms in total. The van der Waals surface area contributed by atoms with E-state index in [1.807, 2.05) is 11.8 Å². The van der Waals surface area contributed by atoms with E-state index in [2.05, 4.69) is 9.78 Å². The van der Waals surface area contributed by atoms with Crippen molar-refractivity contribution in [3.63, 3.8) is 0 Å². The van der Waals surface area contributed by atoms with Gasteiger partial charge in [0.15, 0.2) is 6.26 Å². The van der Waals surface area contributed by atoms with Gasteiger partial charge >= 0.3 is 0 Å². The molecule has 144 valence electrons. The van der Waals surface area contributed by atoms with Crippen molar-refractivity contribution < 1.29 is 39.4 Å². The SMILES string of the molecule is C/C=C\OCCON1CN(/C=C/OCCOO)CN(OO/C=C/O)C1. The predicted molar refractivity (Wildman–Crippen MR) is 84.4 cm³/mol. The third-order valence-corrected chi connectivity index (χ3v) is 2.63. The first-order valence-electron chi connectivity index (χ1n) is 7.57. The monoisotopic (exact) mass is 363 g/mol. The number of ether oxygens (including phenoxy) is 2. The van der Waals surface area contributed by atoms with E-state index in [-0.39, 0.29) is 13.2 Å². The van der Waals surface area contributed by atoms with Crippen molar-refractivity contribution in [2.45, 2.75) is 6.92 Å². The summed E-state index contributed by atoms with van der Waals surface area (Å²) in [6.07, 6.45) is 8.23. The Morgan fingerprint density at radius 3 is 2.44 bits per heavy atom. The van der Waals surface area contributed by atoms with Crippen LogP contribution in [0, 0.1) is 0 Å². The molecule has 0 bridgehead atoms. The third-order valence-electron chi connectivity index (χ3n) is 2.63. The molecule has 1 saturated heterocycles. The number of hydrogen-bond acceptors (Lipinski definition) is 11. The minimum atomic E-state index is 0.0718. The van der Waals surface area contributed by atoms with Gasteiger partial charge in [-0.2, -0.15) is 5.06 Å². The molecule has 2 N–H and O–H groups in total. The second kappa shape index (κ2) is 14.3. The van der Waals surface area contributed by atoms with Crippen LogP contribution in [0.15, 0.2) is 37.3 Å². The van der Waals surface area contributed by atoms with Gasteiger partial charge in [-0.25, -0.2) is 4.89 Å². The maximum atomic E-state index is 8.55. The lowest BCUT2D eigenvalue weighted by atomic mass is 10.6. The van der Waals surface area contributed by atoms with Crippen LogP contribution >= 0.6 is 0 Å². The minimum absolute atomic E-state index is 0.0718. The molecule has 1 aliphatic rings. The maximum Gasteiger partial charge on any atom is 0.165 e. The molecule has 0 atom stereocenters. The first-order valence-corrected chi connectivity index (χ1v) is 7.57. The van der Waals surface area contributed by atoms with Gasteiger partial charge in [0, 0.05) is 6.20 Å². The van der Waals surface area contributed by atoms with E-state index in [0.717, 1.165) is 6.26 Å². The van der Waals surface area contributed by atoms with E-state index in [4.69, 9.17) is 29.7 Å². The number of nitrogens with zero attached hydrogens (tertiary/aromatic N) is 3. The quantitative estimate of drug-likeness (QED) is 0.213. The summed E-state index contributed by atoms with van der Waals surface area (Å²) >= 11 is 0. The standard InChI is InChI=1S/C14H25N3O8/c1-2-5-20-8-10-22-16-12-15(3-6-21-9-11-23-19)13-17(14-16)25-24-7-4-18/h2-7,18-19H,8-14H2,1H3/b5-2-,6-3+,7-4+. The van der Waals surface area contributed by atoms with Gasteiger partial charge in [0.25, 0.3) is 0 Å². The molecule has 0 aromatic heterocycles. The normalized spacial score (nSPS) is 17.1. The number of aliphatic hydroxyl groups is 1. The largest absolute Gasteiger partial charge is 0.512 e. The van der Waals surface area contributed by atoms with Crippen molar-refractivity contribution in [3.8, 4) is 0 Å². The summed E-state index contributed by atoms with van der Waals surface area (Å²) in [6.45, 7) is 4.05. The lowest BCUT2D eigenvalue weighted by Gasteiger charge is -2.38. The number of rotatable bonds is 13. The molecule has 0 amide bonds. The average molecular weight is 363 g/mol. The van der Waals surface area contributed by atoms with Crippen LogP contribution in [0.3, 0.4) is 0 Å². The maximum absolute atomic E-state index is 8.55. The molecule has 11 heteroatoms. The van der Waals surface area contributed by atoms with Gasteiger partial charge in [0.2, 0.25) is 0 Å². The van der Waals surface area contributed by atoms with Gasteiger partial charge in [0.1, 0.15) is 46.0 Å². The van der Waals surface area contributed by atoms with E-state index in [1.54, 1.807) is 23.6 Å². The number of hydrogen-bond donors (Lipinski definition) is 2. The highest BCUT2D eigenvalue weighted by Gasteiger charge is 2.24. The van der Waals surface area contributed by atoms with E-state index in [0.29, 0.717) is 39.5 Å². The predicted octanol–water partition coefficient (Wildman–Crippen LogP) is 1.13. The number of hydroxylamine groups is 4. The van der Waals surface area contributed by atoms with Crippen LogP contribution in [0.1, 0.15) is 6.92 Å². The molecule has 0 aromatic rings. The number of aliphatic hydroxyl groups excluding tert-OH is 1. The zero-order valence-corrected chi connectivity index (χ0v) is 14.1. The Morgan fingerprint density at radius 2 is 1.68 bits per heavy atom. The Balaban J connectivity index is 2.43. The smallest absolute Gasteiger partial charge is 0.165 e. The zero-order chi connectivity index (χ0) is 18.2. The zero-order valence-electron chi connectivity index (χ0n) is 14.1. The molecule has 25 heavy (non-hydrogen) atoms. The average Bonchev–Trinajstić information content (AvgIpc) is 2.61. The summed E-state index contributed by atoms with van der Waals surface area (Å²) in [5, 5.41) is 19.8. The Morgan fingerprint density at radius 1 is 0.920 bits per heavy atom. The van der Waals surface area contributed by atoms with E-state index in [9.17, 15) is 0 Å². The molecule has 0 spiro atoms. The molecule has 0 aromatic carbocycles. The summed E-state index contributed by atoms with van der Waals surface area (Å²) in [6, 6.07) is 0.